The normalized spacial score (nSPS) is 12.5. The molecule has 2 rings (SSSR count). The molecule has 0 saturated carbocycles. The van der Waals surface area contributed by atoms with Crippen LogP contribution >= 0.6 is 0 Å². The average Bonchev–Trinajstić information content (AvgIpc) is 2.67. The van der Waals surface area contributed by atoms with Gasteiger partial charge in [-0.1, -0.05) is 0 Å². The molecule has 0 amide bonds. The van der Waals surface area contributed by atoms with Gasteiger partial charge in [0.1, 0.15) is 5.75 Å². The Hall–Kier alpha value is -2.54. The largest absolute Gasteiger partial charge is 0.497 e. The molecule has 0 aliphatic heterocycles. The van der Waals surface area contributed by atoms with E-state index in [2.05, 4.69) is 0 Å². The van der Waals surface area contributed by atoms with E-state index in [1.54, 1.807) is 44.2 Å². The van der Waals surface area contributed by atoms with Gasteiger partial charge in [-0.15, -0.1) is 0 Å². The number of carbonyl (C=O) groups excluding carboxylic acids is 1. The van der Waals surface area contributed by atoms with Gasteiger partial charge >= 0.3 is 5.97 Å². The number of rotatable bonds is 6. The smallest absolute Gasteiger partial charge is 0.339 e. The lowest BCUT2D eigenvalue weighted by atomic mass is 9.94. The number of aryl methyl sites for hydroxylation is 1. The minimum Gasteiger partial charge on any atom is -0.497 e. The Kier molecular flexibility index (Phi) is 6.15. The maximum atomic E-state index is 12.9. The van der Waals surface area contributed by atoms with Crippen LogP contribution in [0.3, 0.4) is 0 Å². The van der Waals surface area contributed by atoms with Crippen molar-refractivity contribution in [1.29, 1.82) is 0 Å². The fraction of sp³-hybridized carbons (Fsp3) is 0.350. The monoisotopic (exact) mass is 391 g/mol. The molecule has 0 aromatic heterocycles. The van der Waals surface area contributed by atoms with Crippen molar-refractivity contribution >= 4 is 21.5 Å². The topological polar surface area (TPSA) is 95.7 Å². The number of nitrogen functional groups attached to an aromatic ring is 1. The highest BCUT2D eigenvalue weighted by atomic mass is 32.2. The summed E-state index contributed by atoms with van der Waals surface area (Å²) >= 11 is 0. The molecule has 27 heavy (non-hydrogen) atoms. The number of ether oxygens (including phenoxy) is 2. The van der Waals surface area contributed by atoms with E-state index in [0.29, 0.717) is 22.6 Å². The molecule has 2 N–H and O–H groups in total. The zero-order valence-corrected chi connectivity index (χ0v) is 17.0. The summed E-state index contributed by atoms with van der Waals surface area (Å²) in [5.41, 5.74) is 9.03. The summed E-state index contributed by atoms with van der Waals surface area (Å²) in [6.45, 7) is 5.29. The van der Waals surface area contributed by atoms with E-state index in [-0.39, 0.29) is 11.3 Å². The zero-order valence-electron chi connectivity index (χ0n) is 16.2. The predicted molar refractivity (Wildman–Crippen MR) is 105 cm³/mol. The van der Waals surface area contributed by atoms with Crippen LogP contribution in [0.4, 0.5) is 5.69 Å². The van der Waals surface area contributed by atoms with Crippen molar-refractivity contribution in [3.63, 3.8) is 0 Å². The van der Waals surface area contributed by atoms with E-state index < -0.39 is 21.1 Å². The first-order chi connectivity index (χ1) is 12.6. The Morgan fingerprint density at radius 1 is 1.15 bits per heavy atom. The quantitative estimate of drug-likeness (QED) is 0.600. The third kappa shape index (κ3) is 4.08. The SMILES string of the molecule is COC(=O)c1cc(C)c(CC(C)S(=O)(=O)c2ccc(OC)cc2)c(C)c1N. The zero-order chi connectivity index (χ0) is 20.4. The Balaban J connectivity index is 2.38. The molecule has 2 aromatic carbocycles. The highest BCUT2D eigenvalue weighted by Gasteiger charge is 2.26. The van der Waals surface area contributed by atoms with E-state index in [9.17, 15) is 13.2 Å². The average molecular weight is 391 g/mol. The number of nitrogens with two attached hydrogens (primary N) is 1. The number of esters is 1. The Morgan fingerprint density at radius 2 is 1.74 bits per heavy atom. The second kappa shape index (κ2) is 8.00. The number of hydrogen-bond donors (Lipinski definition) is 1. The van der Waals surface area contributed by atoms with E-state index in [0.717, 1.165) is 11.1 Å². The lowest BCUT2D eigenvalue weighted by Crippen LogP contribution is -2.22. The number of methoxy groups -OCH3 is 2. The molecule has 0 radical (unpaired) electrons. The summed E-state index contributed by atoms with van der Waals surface area (Å²) in [5.74, 6) is 0.0867. The van der Waals surface area contributed by atoms with Gasteiger partial charge in [-0.2, -0.15) is 0 Å². The lowest BCUT2D eigenvalue weighted by Gasteiger charge is -2.19. The second-order valence-corrected chi connectivity index (χ2v) is 8.85. The molecule has 0 spiro atoms. The number of carbonyl (C=O) groups is 1. The van der Waals surface area contributed by atoms with Gasteiger partial charge in [0.15, 0.2) is 9.84 Å². The van der Waals surface area contributed by atoms with E-state index >= 15 is 0 Å². The summed E-state index contributed by atoms with van der Waals surface area (Å²) in [6, 6.07) is 7.98. The first-order valence-corrected chi connectivity index (χ1v) is 10.0. The van der Waals surface area contributed by atoms with Crippen molar-refractivity contribution in [3.05, 3.63) is 52.6 Å². The van der Waals surface area contributed by atoms with Crippen LogP contribution in [0.1, 0.15) is 34.0 Å². The van der Waals surface area contributed by atoms with E-state index in [1.165, 1.54) is 14.2 Å². The number of anilines is 1. The van der Waals surface area contributed by atoms with Crippen molar-refractivity contribution in [2.45, 2.75) is 37.3 Å². The molecule has 0 bridgehead atoms. The maximum Gasteiger partial charge on any atom is 0.339 e. The Morgan fingerprint density at radius 3 is 2.26 bits per heavy atom. The first kappa shape index (κ1) is 20.8. The maximum absolute atomic E-state index is 12.9. The van der Waals surface area contributed by atoms with Gasteiger partial charge in [0.2, 0.25) is 0 Å². The van der Waals surface area contributed by atoms with Crippen molar-refractivity contribution < 1.29 is 22.7 Å². The van der Waals surface area contributed by atoms with Gasteiger partial charge in [0.05, 0.1) is 29.9 Å². The fourth-order valence-corrected chi connectivity index (χ4v) is 4.40. The third-order valence-electron chi connectivity index (χ3n) is 4.80. The molecule has 0 aliphatic carbocycles. The first-order valence-electron chi connectivity index (χ1n) is 8.48. The number of hydrogen-bond acceptors (Lipinski definition) is 6. The molecule has 2 aromatic rings. The van der Waals surface area contributed by atoms with Crippen LogP contribution in [0.15, 0.2) is 35.2 Å². The molecule has 6 nitrogen and oxygen atoms in total. The summed E-state index contributed by atoms with van der Waals surface area (Å²) in [4.78, 5) is 12.1. The molecular weight excluding hydrogens is 366 g/mol. The standard InChI is InChI=1S/C20H25NO5S/c1-12-10-18(20(22)26-5)19(21)14(3)17(12)11-13(2)27(23,24)16-8-6-15(25-4)7-9-16/h6-10,13H,11,21H2,1-5H3. The lowest BCUT2D eigenvalue weighted by molar-refractivity contribution is 0.0601. The van der Waals surface area contributed by atoms with Gasteiger partial charge in [-0.3, -0.25) is 0 Å². The van der Waals surface area contributed by atoms with Crippen molar-refractivity contribution in [2.75, 3.05) is 20.0 Å². The molecule has 0 saturated heterocycles. The summed E-state index contributed by atoms with van der Waals surface area (Å²) in [7, 11) is -0.704. The third-order valence-corrected chi connectivity index (χ3v) is 6.95. The van der Waals surface area contributed by atoms with Crippen molar-refractivity contribution in [2.24, 2.45) is 0 Å². The number of benzene rings is 2. The van der Waals surface area contributed by atoms with Crippen molar-refractivity contribution in [1.82, 2.24) is 0 Å². The van der Waals surface area contributed by atoms with Crippen LogP contribution in [0.5, 0.6) is 5.75 Å². The van der Waals surface area contributed by atoms with Gasteiger partial charge in [0, 0.05) is 5.69 Å². The number of sulfone groups is 1. The van der Waals surface area contributed by atoms with Crippen LogP contribution in [0.25, 0.3) is 0 Å². The van der Waals surface area contributed by atoms with Crippen LogP contribution in [-0.2, 0) is 21.0 Å². The molecule has 146 valence electrons. The molecule has 1 unspecified atom stereocenters. The highest BCUT2D eigenvalue weighted by Crippen LogP contribution is 2.29. The van der Waals surface area contributed by atoms with Gasteiger partial charge in [0.25, 0.3) is 0 Å². The minimum atomic E-state index is -3.53. The van der Waals surface area contributed by atoms with Crippen LogP contribution < -0.4 is 10.5 Å². The second-order valence-electron chi connectivity index (χ2n) is 6.49. The van der Waals surface area contributed by atoms with Crippen molar-refractivity contribution in [3.8, 4) is 5.75 Å². The molecule has 1 atom stereocenters. The summed E-state index contributed by atoms with van der Waals surface area (Å²) in [6.07, 6.45) is 0.289. The molecule has 0 fully saturated rings. The fourth-order valence-electron chi connectivity index (χ4n) is 3.03. The van der Waals surface area contributed by atoms with Crippen LogP contribution in [-0.4, -0.2) is 33.9 Å². The Bertz CT molecular complexity index is 949. The minimum absolute atomic E-state index is 0.241. The van der Waals surface area contributed by atoms with Gasteiger partial charge < -0.3 is 15.2 Å². The molecule has 7 heteroatoms. The predicted octanol–water partition coefficient (Wildman–Crippen LogP) is 3.09. The highest BCUT2D eigenvalue weighted by molar-refractivity contribution is 7.92. The van der Waals surface area contributed by atoms with E-state index in [1.807, 2.05) is 6.92 Å². The molecule has 0 aliphatic rings. The van der Waals surface area contributed by atoms with Gasteiger partial charge in [-0.05, 0) is 74.2 Å². The van der Waals surface area contributed by atoms with Crippen LogP contribution in [0, 0.1) is 13.8 Å². The van der Waals surface area contributed by atoms with E-state index in [4.69, 9.17) is 15.2 Å². The molecular formula is C20H25NO5S. The van der Waals surface area contributed by atoms with Gasteiger partial charge in [-0.25, -0.2) is 13.2 Å². The summed E-state index contributed by atoms with van der Waals surface area (Å²) < 4.78 is 35.7. The summed E-state index contributed by atoms with van der Waals surface area (Å²) in [5, 5.41) is -0.660. The molecule has 0 heterocycles. The Labute approximate surface area is 160 Å². The van der Waals surface area contributed by atoms with Crippen LogP contribution in [0.2, 0.25) is 0 Å².